The average molecular weight is 271 g/mol. The van der Waals surface area contributed by atoms with Crippen molar-refractivity contribution in [2.45, 2.75) is 52.6 Å². The minimum Gasteiger partial charge on any atom is -0.481 e. The van der Waals surface area contributed by atoms with Gasteiger partial charge >= 0.3 is 5.97 Å². The Morgan fingerprint density at radius 3 is 2.58 bits per heavy atom. The molecule has 0 saturated carbocycles. The second kappa shape index (κ2) is 6.89. The zero-order valence-electron chi connectivity index (χ0n) is 12.1. The van der Waals surface area contributed by atoms with Gasteiger partial charge in [-0.25, -0.2) is 0 Å². The molecule has 1 fully saturated rings. The van der Waals surface area contributed by atoms with Crippen molar-refractivity contribution in [2.75, 3.05) is 13.2 Å². The number of carbonyl (C=O) groups excluding carboxylic acids is 1. The molecule has 2 N–H and O–H groups in total. The Bertz CT molecular complexity index is 323. The fourth-order valence-corrected chi connectivity index (χ4v) is 2.12. The van der Waals surface area contributed by atoms with Gasteiger partial charge in [-0.1, -0.05) is 13.8 Å². The average Bonchev–Trinajstić information content (AvgIpc) is 2.37. The van der Waals surface area contributed by atoms with Gasteiger partial charge < -0.3 is 15.2 Å². The van der Waals surface area contributed by atoms with Gasteiger partial charge in [0.2, 0.25) is 5.91 Å². The third-order valence-corrected chi connectivity index (χ3v) is 4.09. The maximum atomic E-state index is 11.9. The van der Waals surface area contributed by atoms with Crippen molar-refractivity contribution in [2.24, 2.45) is 11.3 Å². The summed E-state index contributed by atoms with van der Waals surface area (Å²) in [5, 5.41) is 12.1. The maximum Gasteiger partial charge on any atom is 0.310 e. The molecule has 0 aromatic heterocycles. The predicted octanol–water partition coefficient (Wildman–Crippen LogP) is 1.81. The Hall–Kier alpha value is -1.10. The van der Waals surface area contributed by atoms with Gasteiger partial charge in [-0.15, -0.1) is 0 Å². The fourth-order valence-electron chi connectivity index (χ4n) is 2.12. The van der Waals surface area contributed by atoms with E-state index in [1.807, 2.05) is 13.8 Å². The van der Waals surface area contributed by atoms with Gasteiger partial charge in [0.05, 0.1) is 11.5 Å². The topological polar surface area (TPSA) is 75.6 Å². The Kier molecular flexibility index (Phi) is 5.79. The van der Waals surface area contributed by atoms with E-state index in [2.05, 4.69) is 5.32 Å². The van der Waals surface area contributed by atoms with Crippen LogP contribution in [0.4, 0.5) is 0 Å². The monoisotopic (exact) mass is 271 g/mol. The highest BCUT2D eigenvalue weighted by atomic mass is 16.5. The van der Waals surface area contributed by atoms with Crippen LogP contribution >= 0.6 is 0 Å². The zero-order chi connectivity index (χ0) is 14.5. The van der Waals surface area contributed by atoms with E-state index in [1.165, 1.54) is 0 Å². The Balaban J connectivity index is 2.42. The van der Waals surface area contributed by atoms with Crippen LogP contribution in [0.1, 0.15) is 46.5 Å². The van der Waals surface area contributed by atoms with E-state index in [0.29, 0.717) is 6.54 Å². The third-order valence-electron chi connectivity index (χ3n) is 4.09. The van der Waals surface area contributed by atoms with Gasteiger partial charge in [0.25, 0.3) is 0 Å². The van der Waals surface area contributed by atoms with Gasteiger partial charge in [-0.3, -0.25) is 9.59 Å². The van der Waals surface area contributed by atoms with Gasteiger partial charge in [-0.2, -0.15) is 0 Å². The summed E-state index contributed by atoms with van der Waals surface area (Å²) in [6.07, 6.45) is 3.24. The molecule has 19 heavy (non-hydrogen) atoms. The van der Waals surface area contributed by atoms with E-state index in [0.717, 1.165) is 25.9 Å². The summed E-state index contributed by atoms with van der Waals surface area (Å²) >= 11 is 0. The molecule has 1 rings (SSSR count). The van der Waals surface area contributed by atoms with Crippen molar-refractivity contribution in [3.05, 3.63) is 0 Å². The van der Waals surface area contributed by atoms with Crippen molar-refractivity contribution >= 4 is 11.9 Å². The van der Waals surface area contributed by atoms with Crippen LogP contribution in [0.3, 0.4) is 0 Å². The van der Waals surface area contributed by atoms with Crippen molar-refractivity contribution in [3.63, 3.8) is 0 Å². The van der Waals surface area contributed by atoms with Crippen LogP contribution in [0.15, 0.2) is 0 Å². The lowest BCUT2D eigenvalue weighted by Gasteiger charge is -2.29. The maximum absolute atomic E-state index is 11.9. The number of carbonyl (C=O) groups is 2. The molecule has 0 aromatic rings. The smallest absolute Gasteiger partial charge is 0.310 e. The molecule has 0 bridgehead atoms. The number of aliphatic carboxylic acids is 1. The third kappa shape index (κ3) is 4.49. The summed E-state index contributed by atoms with van der Waals surface area (Å²) in [6.45, 7) is 6.50. The molecule has 2 atom stereocenters. The van der Waals surface area contributed by atoms with Crippen LogP contribution in [0, 0.1) is 11.3 Å². The molecule has 5 nitrogen and oxygen atoms in total. The molecule has 2 unspecified atom stereocenters. The van der Waals surface area contributed by atoms with Crippen molar-refractivity contribution in [1.29, 1.82) is 0 Å². The quantitative estimate of drug-likeness (QED) is 0.772. The molecule has 0 aliphatic carbocycles. The summed E-state index contributed by atoms with van der Waals surface area (Å²) < 4.78 is 5.52. The number of hydrogen-bond donors (Lipinski definition) is 2. The van der Waals surface area contributed by atoms with Gasteiger partial charge in [0, 0.05) is 19.6 Å². The minimum atomic E-state index is -1.02. The number of nitrogens with one attached hydrogen (secondary N) is 1. The summed E-state index contributed by atoms with van der Waals surface area (Å²) in [5.74, 6) is -1.24. The molecular weight excluding hydrogens is 246 g/mol. The molecule has 1 aliphatic heterocycles. The van der Waals surface area contributed by atoms with Gasteiger partial charge in [0.1, 0.15) is 0 Å². The fraction of sp³-hybridized carbons (Fsp3) is 0.857. The van der Waals surface area contributed by atoms with E-state index < -0.39 is 11.4 Å². The molecule has 0 radical (unpaired) electrons. The highest BCUT2D eigenvalue weighted by molar-refractivity contribution is 5.84. The van der Waals surface area contributed by atoms with Gasteiger partial charge in [-0.05, 0) is 32.1 Å². The van der Waals surface area contributed by atoms with Crippen LogP contribution < -0.4 is 5.32 Å². The van der Waals surface area contributed by atoms with E-state index in [1.54, 1.807) is 6.92 Å². The normalized spacial score (nSPS) is 22.8. The van der Waals surface area contributed by atoms with E-state index in [-0.39, 0.29) is 24.3 Å². The Morgan fingerprint density at radius 2 is 2.11 bits per heavy atom. The first-order valence-electron chi connectivity index (χ1n) is 6.98. The summed E-state index contributed by atoms with van der Waals surface area (Å²) in [4.78, 5) is 23.2. The minimum absolute atomic E-state index is 0.00667. The van der Waals surface area contributed by atoms with E-state index in [9.17, 15) is 14.7 Å². The van der Waals surface area contributed by atoms with E-state index in [4.69, 9.17) is 4.74 Å². The van der Waals surface area contributed by atoms with Crippen LogP contribution in [-0.4, -0.2) is 36.2 Å². The van der Waals surface area contributed by atoms with Gasteiger partial charge in [0.15, 0.2) is 0 Å². The molecule has 0 aromatic carbocycles. The predicted molar refractivity (Wildman–Crippen MR) is 71.8 cm³/mol. The van der Waals surface area contributed by atoms with Crippen molar-refractivity contribution < 1.29 is 19.4 Å². The molecule has 5 heteroatoms. The SMILES string of the molecule is CC(C)C(C)(CC(=O)NCC1CCCCO1)C(=O)O. The Morgan fingerprint density at radius 1 is 1.42 bits per heavy atom. The van der Waals surface area contributed by atoms with Crippen LogP contribution in [0.25, 0.3) is 0 Å². The first-order chi connectivity index (χ1) is 8.86. The van der Waals surface area contributed by atoms with Crippen LogP contribution in [0.5, 0.6) is 0 Å². The van der Waals surface area contributed by atoms with Crippen LogP contribution in [0.2, 0.25) is 0 Å². The summed E-state index contributed by atoms with van der Waals surface area (Å²) in [7, 11) is 0. The molecular formula is C14H25NO4. The highest BCUT2D eigenvalue weighted by Crippen LogP contribution is 2.31. The molecule has 0 spiro atoms. The van der Waals surface area contributed by atoms with Crippen molar-refractivity contribution in [3.8, 4) is 0 Å². The first-order valence-corrected chi connectivity index (χ1v) is 6.98. The molecule has 1 heterocycles. The van der Waals surface area contributed by atoms with Crippen molar-refractivity contribution in [1.82, 2.24) is 5.32 Å². The number of carboxylic acids is 1. The standard InChI is InChI=1S/C14H25NO4/c1-10(2)14(3,13(17)18)8-12(16)15-9-11-6-4-5-7-19-11/h10-11H,4-9H2,1-3H3,(H,15,16)(H,17,18). The number of carboxylic acid groups (broad SMARTS) is 1. The number of amides is 1. The molecule has 1 amide bonds. The Labute approximate surface area is 114 Å². The van der Waals surface area contributed by atoms with E-state index >= 15 is 0 Å². The second-order valence-electron chi connectivity index (χ2n) is 5.85. The largest absolute Gasteiger partial charge is 0.481 e. The summed E-state index contributed by atoms with van der Waals surface area (Å²) in [5.41, 5.74) is -1.02. The molecule has 1 aliphatic rings. The zero-order valence-corrected chi connectivity index (χ0v) is 12.1. The lowest BCUT2D eigenvalue weighted by Crippen LogP contribution is -2.41. The first kappa shape index (κ1) is 16.0. The summed E-state index contributed by atoms with van der Waals surface area (Å²) in [6, 6.07) is 0. The lowest BCUT2D eigenvalue weighted by molar-refractivity contribution is -0.153. The number of hydrogen-bond acceptors (Lipinski definition) is 3. The second-order valence-corrected chi connectivity index (χ2v) is 5.85. The number of ether oxygens (including phenoxy) is 1. The molecule has 110 valence electrons. The highest BCUT2D eigenvalue weighted by Gasteiger charge is 2.38. The lowest BCUT2D eigenvalue weighted by atomic mass is 9.76. The number of rotatable bonds is 6. The van der Waals surface area contributed by atoms with Crippen LogP contribution in [-0.2, 0) is 14.3 Å². The molecule has 1 saturated heterocycles.